The van der Waals surface area contributed by atoms with Crippen LogP contribution in [0.5, 0.6) is 0 Å². The van der Waals surface area contributed by atoms with E-state index < -0.39 is 5.97 Å². The minimum atomic E-state index is -0.441. The molecule has 0 amide bonds. The molecule has 0 saturated heterocycles. The number of benzene rings is 1. The Labute approximate surface area is 114 Å². The summed E-state index contributed by atoms with van der Waals surface area (Å²) in [5.74, 6) is -0.441. The van der Waals surface area contributed by atoms with Crippen LogP contribution in [0.4, 0.5) is 5.69 Å². The fraction of sp³-hybridized carbons (Fsp3) is 0.154. The average Bonchev–Trinajstić information content (AvgIpc) is 2.85. The topological polar surface area (TPSA) is 52.3 Å². The molecule has 2 rings (SSSR count). The highest BCUT2D eigenvalue weighted by atomic mass is 35.5. The molecular formula is C13H12ClNO2S. The second-order valence-electron chi connectivity index (χ2n) is 3.67. The van der Waals surface area contributed by atoms with Crippen molar-refractivity contribution >= 4 is 34.6 Å². The maximum absolute atomic E-state index is 11.8. The van der Waals surface area contributed by atoms with Gasteiger partial charge in [-0.1, -0.05) is 23.7 Å². The fourth-order valence-electron chi connectivity index (χ4n) is 1.48. The number of hydrogen-bond donors (Lipinski definition) is 1. The maximum Gasteiger partial charge on any atom is 0.339 e. The van der Waals surface area contributed by atoms with E-state index in [-0.39, 0.29) is 5.02 Å². The summed E-state index contributed by atoms with van der Waals surface area (Å²) in [5, 5.41) is 2.24. The monoisotopic (exact) mass is 281 g/mol. The molecule has 3 nitrogen and oxygen atoms in total. The molecule has 0 aliphatic carbocycles. The van der Waals surface area contributed by atoms with Gasteiger partial charge in [0, 0.05) is 11.3 Å². The summed E-state index contributed by atoms with van der Waals surface area (Å²) in [6, 6.07) is 8.90. The van der Waals surface area contributed by atoms with Gasteiger partial charge in [0.15, 0.2) is 0 Å². The number of ether oxygens (including phenoxy) is 1. The van der Waals surface area contributed by atoms with Crippen molar-refractivity contribution in [3.8, 4) is 0 Å². The zero-order chi connectivity index (χ0) is 13.0. The van der Waals surface area contributed by atoms with Gasteiger partial charge in [-0.3, -0.25) is 0 Å². The molecule has 1 aromatic carbocycles. The fourth-order valence-corrected chi connectivity index (χ4v) is 2.38. The Morgan fingerprint density at radius 2 is 2.17 bits per heavy atom. The van der Waals surface area contributed by atoms with Crippen molar-refractivity contribution in [2.45, 2.75) is 6.42 Å². The molecule has 5 heteroatoms. The minimum Gasteiger partial charge on any atom is -0.462 e. The molecule has 0 spiro atoms. The van der Waals surface area contributed by atoms with Crippen LogP contribution in [0.2, 0.25) is 5.02 Å². The van der Waals surface area contributed by atoms with Crippen molar-refractivity contribution in [3.05, 3.63) is 51.2 Å². The SMILES string of the molecule is Nc1cccc(C(=O)OCCc2cccs2)c1Cl. The molecule has 0 unspecified atom stereocenters. The lowest BCUT2D eigenvalue weighted by atomic mass is 10.2. The first-order valence-electron chi connectivity index (χ1n) is 5.42. The minimum absolute atomic E-state index is 0.249. The molecule has 0 aliphatic rings. The summed E-state index contributed by atoms with van der Waals surface area (Å²) in [6.07, 6.45) is 0.712. The molecule has 0 aliphatic heterocycles. The maximum atomic E-state index is 11.8. The number of esters is 1. The summed E-state index contributed by atoms with van der Waals surface area (Å²) in [4.78, 5) is 13.0. The third-order valence-corrected chi connectivity index (χ3v) is 3.77. The van der Waals surface area contributed by atoms with E-state index in [0.29, 0.717) is 24.3 Å². The highest BCUT2D eigenvalue weighted by Gasteiger charge is 2.13. The summed E-state index contributed by atoms with van der Waals surface area (Å²) in [5.41, 5.74) is 6.31. The molecule has 18 heavy (non-hydrogen) atoms. The number of hydrogen-bond acceptors (Lipinski definition) is 4. The van der Waals surface area contributed by atoms with Crippen molar-refractivity contribution in [3.63, 3.8) is 0 Å². The summed E-state index contributed by atoms with van der Waals surface area (Å²) in [6.45, 7) is 0.338. The Kier molecular flexibility index (Phi) is 4.23. The lowest BCUT2D eigenvalue weighted by Gasteiger charge is -2.06. The summed E-state index contributed by atoms with van der Waals surface area (Å²) >= 11 is 7.58. The van der Waals surface area contributed by atoms with Crippen molar-refractivity contribution in [2.75, 3.05) is 12.3 Å². The Hall–Kier alpha value is -1.52. The van der Waals surface area contributed by atoms with Crippen LogP contribution in [-0.4, -0.2) is 12.6 Å². The normalized spacial score (nSPS) is 10.3. The zero-order valence-electron chi connectivity index (χ0n) is 9.56. The number of carbonyl (C=O) groups excluding carboxylic acids is 1. The highest BCUT2D eigenvalue weighted by molar-refractivity contribution is 7.09. The quantitative estimate of drug-likeness (QED) is 0.690. The van der Waals surface area contributed by atoms with E-state index in [1.807, 2.05) is 17.5 Å². The van der Waals surface area contributed by atoms with E-state index in [1.54, 1.807) is 29.5 Å². The first kappa shape index (κ1) is 12.9. The van der Waals surface area contributed by atoms with Crippen LogP contribution in [0.15, 0.2) is 35.7 Å². The molecule has 0 radical (unpaired) electrons. The smallest absolute Gasteiger partial charge is 0.339 e. The van der Waals surface area contributed by atoms with Crippen LogP contribution in [-0.2, 0) is 11.2 Å². The van der Waals surface area contributed by atoms with E-state index >= 15 is 0 Å². The Bertz CT molecular complexity index is 540. The number of halogens is 1. The van der Waals surface area contributed by atoms with Crippen molar-refractivity contribution in [1.29, 1.82) is 0 Å². The van der Waals surface area contributed by atoms with E-state index in [9.17, 15) is 4.79 Å². The van der Waals surface area contributed by atoms with E-state index in [4.69, 9.17) is 22.1 Å². The van der Waals surface area contributed by atoms with Crippen molar-refractivity contribution in [2.24, 2.45) is 0 Å². The molecule has 1 heterocycles. The third kappa shape index (κ3) is 3.03. The van der Waals surface area contributed by atoms with Gasteiger partial charge in [-0.25, -0.2) is 4.79 Å². The van der Waals surface area contributed by atoms with Crippen LogP contribution in [0.3, 0.4) is 0 Å². The zero-order valence-corrected chi connectivity index (χ0v) is 11.1. The van der Waals surface area contributed by atoms with Crippen molar-refractivity contribution in [1.82, 2.24) is 0 Å². The molecule has 94 valence electrons. The first-order valence-corrected chi connectivity index (χ1v) is 6.67. The van der Waals surface area contributed by atoms with Gasteiger partial charge in [-0.05, 0) is 23.6 Å². The number of carbonyl (C=O) groups is 1. The van der Waals surface area contributed by atoms with Crippen molar-refractivity contribution < 1.29 is 9.53 Å². The molecule has 1 aromatic heterocycles. The summed E-state index contributed by atoms with van der Waals surface area (Å²) in [7, 11) is 0. The Morgan fingerprint density at radius 1 is 1.33 bits per heavy atom. The van der Waals surface area contributed by atoms with Crippen LogP contribution in [0, 0.1) is 0 Å². The van der Waals surface area contributed by atoms with Crippen LogP contribution in [0.25, 0.3) is 0 Å². The average molecular weight is 282 g/mol. The largest absolute Gasteiger partial charge is 0.462 e. The van der Waals surface area contributed by atoms with Gasteiger partial charge in [0.2, 0.25) is 0 Å². The van der Waals surface area contributed by atoms with Crippen LogP contribution >= 0.6 is 22.9 Å². The second-order valence-corrected chi connectivity index (χ2v) is 5.08. The van der Waals surface area contributed by atoms with Crippen LogP contribution in [0.1, 0.15) is 15.2 Å². The predicted octanol–water partition coefficient (Wildman–Crippen LogP) is 3.38. The number of nitrogen functional groups attached to an aromatic ring is 1. The molecule has 2 aromatic rings. The number of rotatable bonds is 4. The molecule has 0 atom stereocenters. The molecular weight excluding hydrogens is 270 g/mol. The Morgan fingerprint density at radius 3 is 2.89 bits per heavy atom. The standard InChI is InChI=1S/C13H12ClNO2S/c14-12-10(4-1-5-11(12)15)13(16)17-7-6-9-3-2-8-18-9/h1-5,8H,6-7,15H2. The highest BCUT2D eigenvalue weighted by Crippen LogP contribution is 2.23. The number of thiophene rings is 1. The second kappa shape index (κ2) is 5.89. The first-order chi connectivity index (χ1) is 8.68. The third-order valence-electron chi connectivity index (χ3n) is 2.41. The molecule has 2 N–H and O–H groups in total. The van der Waals surface area contributed by atoms with Gasteiger partial charge in [-0.2, -0.15) is 0 Å². The van der Waals surface area contributed by atoms with E-state index in [1.165, 1.54) is 4.88 Å². The number of nitrogens with two attached hydrogens (primary N) is 1. The van der Waals surface area contributed by atoms with Gasteiger partial charge in [0.05, 0.1) is 22.9 Å². The predicted molar refractivity (Wildman–Crippen MR) is 74.2 cm³/mol. The van der Waals surface area contributed by atoms with E-state index in [0.717, 1.165) is 0 Å². The van der Waals surface area contributed by atoms with E-state index in [2.05, 4.69) is 0 Å². The molecule has 0 bridgehead atoms. The Balaban J connectivity index is 1.93. The molecule has 0 saturated carbocycles. The van der Waals surface area contributed by atoms with Gasteiger partial charge < -0.3 is 10.5 Å². The van der Waals surface area contributed by atoms with Gasteiger partial charge in [0.1, 0.15) is 0 Å². The van der Waals surface area contributed by atoms with Crippen LogP contribution < -0.4 is 5.73 Å². The van der Waals surface area contributed by atoms with Gasteiger partial charge >= 0.3 is 5.97 Å². The van der Waals surface area contributed by atoms with Gasteiger partial charge in [0.25, 0.3) is 0 Å². The lowest BCUT2D eigenvalue weighted by Crippen LogP contribution is -2.09. The lowest BCUT2D eigenvalue weighted by molar-refractivity contribution is 0.0510. The number of anilines is 1. The molecule has 0 fully saturated rings. The van der Waals surface area contributed by atoms with Gasteiger partial charge in [-0.15, -0.1) is 11.3 Å². The summed E-state index contributed by atoms with van der Waals surface area (Å²) < 4.78 is 5.16.